The lowest BCUT2D eigenvalue weighted by molar-refractivity contribution is -0.162. The third-order valence-corrected chi connectivity index (χ3v) is 22.2. The number of hydrogen-bond donors (Lipinski definition) is 2. The first kappa shape index (κ1) is 57.3. The summed E-state index contributed by atoms with van der Waals surface area (Å²) in [4.78, 5) is 52.5. The lowest BCUT2D eigenvalue weighted by Gasteiger charge is -2.58. The van der Waals surface area contributed by atoms with Crippen LogP contribution in [0.15, 0.2) is 23.8 Å². The Morgan fingerprint density at radius 2 is 1.38 bits per heavy atom. The van der Waals surface area contributed by atoms with Gasteiger partial charge in [-0.05, 0) is 257 Å². The molecule has 0 bridgehead atoms. The molecule has 0 amide bonds. The molecule has 10 nitrogen and oxygen atoms in total. The summed E-state index contributed by atoms with van der Waals surface area (Å²) >= 11 is 13.1. The van der Waals surface area contributed by atoms with Crippen LogP contribution in [0.3, 0.4) is 0 Å². The number of anilines is 2. The minimum absolute atomic E-state index is 0.0288. The van der Waals surface area contributed by atoms with E-state index in [1.807, 2.05) is 12.1 Å². The van der Waals surface area contributed by atoms with Crippen molar-refractivity contribution >= 4 is 171 Å². The Hall–Kier alpha value is 0.0400. The van der Waals surface area contributed by atoms with Crippen LogP contribution in [0, 0.1) is 67.8 Å². The van der Waals surface area contributed by atoms with Crippen molar-refractivity contribution in [2.24, 2.45) is 46.3 Å². The maximum atomic E-state index is 13.2. The Morgan fingerprint density at radius 1 is 0.721 bits per heavy atom. The smallest absolute Gasteiger partial charge is 0.310 e. The molecule has 3 unspecified atom stereocenters. The Bertz CT molecular complexity index is 2220. The lowest BCUT2D eigenvalue weighted by atomic mass is 9.47. The van der Waals surface area contributed by atoms with Gasteiger partial charge in [-0.25, -0.2) is 0 Å². The monoisotopic (exact) mass is 1610 g/mol. The van der Waals surface area contributed by atoms with Gasteiger partial charge in [-0.2, -0.15) is 0 Å². The molecule has 0 spiro atoms. The number of rotatable bonds is 20. The van der Waals surface area contributed by atoms with E-state index in [9.17, 15) is 19.2 Å². The number of halogens is 6. The number of nitrogen functional groups attached to an aromatic ring is 2. The quantitative estimate of drug-likeness (QED) is 0.0430. The van der Waals surface area contributed by atoms with Crippen LogP contribution in [0.4, 0.5) is 11.4 Å². The highest BCUT2D eigenvalue weighted by Crippen LogP contribution is 2.67. The summed E-state index contributed by atoms with van der Waals surface area (Å²) in [5.41, 5.74) is 17.6. The van der Waals surface area contributed by atoms with Gasteiger partial charge in [-0.1, -0.05) is 65.5 Å². The largest absolute Gasteiger partial charge is 0.465 e. The van der Waals surface area contributed by atoms with E-state index < -0.39 is 30.0 Å². The molecule has 2 aromatic carbocycles. The lowest BCUT2D eigenvalue weighted by Crippen LogP contribution is -2.51. The third-order valence-electron chi connectivity index (χ3n) is 16.0. The highest BCUT2D eigenvalue weighted by molar-refractivity contribution is 14.1. The van der Waals surface area contributed by atoms with Crippen molar-refractivity contribution in [1.29, 1.82) is 0 Å². The van der Waals surface area contributed by atoms with Gasteiger partial charge < -0.3 is 30.4 Å². The molecule has 0 heterocycles. The molecule has 16 heteroatoms. The molecule has 0 radical (unpaired) electrons. The highest BCUT2D eigenvalue weighted by Gasteiger charge is 2.59. The predicted octanol–water partition coefficient (Wildman–Crippen LogP) is 13.8. The van der Waals surface area contributed by atoms with Crippen LogP contribution in [0.1, 0.15) is 142 Å². The Morgan fingerprint density at radius 3 is 2.07 bits per heavy atom. The van der Waals surface area contributed by atoms with Gasteiger partial charge in [-0.3, -0.25) is 19.2 Å². The van der Waals surface area contributed by atoms with Crippen molar-refractivity contribution in [1.82, 2.24) is 0 Å². The van der Waals surface area contributed by atoms with Gasteiger partial charge in [0.25, 0.3) is 0 Å². The molecule has 0 aliphatic heterocycles. The van der Waals surface area contributed by atoms with Crippen LogP contribution >= 0.6 is 136 Å². The average Bonchev–Trinajstić information content (AvgIpc) is 3.64. The van der Waals surface area contributed by atoms with Gasteiger partial charge >= 0.3 is 23.9 Å². The topological polar surface area (TPSA) is 157 Å². The molecule has 3 fully saturated rings. The fraction of sp³-hybridized carbons (Fsp3) is 0.654. The van der Waals surface area contributed by atoms with Crippen LogP contribution in [-0.4, -0.2) is 49.3 Å². The van der Waals surface area contributed by atoms with E-state index in [0.717, 1.165) is 87.8 Å². The second-order valence-corrected chi connectivity index (χ2v) is 27.5. The fourth-order valence-electron chi connectivity index (χ4n) is 12.3. The zero-order chi connectivity index (χ0) is 49.7. The minimum atomic E-state index is -0.878. The van der Waals surface area contributed by atoms with E-state index in [1.165, 1.54) is 50.5 Å². The standard InChI is InChI=1S/C52H68I6N2O8/c1-28(2)7-6-8-29(3)36-12-13-37-33-10-9-30-23-31(17-20-51(30,4)38(33)18-21-52(36,37)5)67-45(63)16-15-43(61)66-27-32(68-44(62)14-11-34-39(53)25-41(55)49(59)47(34)57)19-22-65-46(64)24-35-40(54)26-42(56)50(60)48(35)58/h9,25-26,28-29,31-33,36-38H,6-8,10-24,27,59-60H2,1-5H3/t29-,31+,32-,33?,36-,37?,38?,51+,52-/m1/s1. The van der Waals surface area contributed by atoms with Crippen LogP contribution < -0.4 is 11.5 Å². The number of hydrogen-bond acceptors (Lipinski definition) is 10. The zero-order valence-corrected chi connectivity index (χ0v) is 52.9. The van der Waals surface area contributed by atoms with Gasteiger partial charge in [0, 0.05) is 40.7 Å². The predicted molar refractivity (Wildman–Crippen MR) is 319 cm³/mol. The van der Waals surface area contributed by atoms with E-state index in [1.54, 1.807) is 0 Å². The van der Waals surface area contributed by atoms with E-state index in [2.05, 4.69) is 176 Å². The van der Waals surface area contributed by atoms with Crippen molar-refractivity contribution in [2.75, 3.05) is 24.7 Å². The maximum absolute atomic E-state index is 13.2. The third kappa shape index (κ3) is 14.0. The molecule has 4 aliphatic rings. The Balaban J connectivity index is 0.987. The first-order valence-corrected chi connectivity index (χ1v) is 30.8. The molecule has 4 aliphatic carbocycles. The molecule has 3 saturated carbocycles. The minimum Gasteiger partial charge on any atom is -0.465 e. The number of carbonyl (C=O) groups excluding carboxylic acids is 4. The molecule has 4 N–H and O–H groups in total. The molecule has 2 aromatic rings. The van der Waals surface area contributed by atoms with Gasteiger partial charge in [0.2, 0.25) is 0 Å². The number of ether oxygens (including phenoxy) is 4. The van der Waals surface area contributed by atoms with Crippen LogP contribution in [0.25, 0.3) is 0 Å². The van der Waals surface area contributed by atoms with E-state index >= 15 is 0 Å². The van der Waals surface area contributed by atoms with E-state index in [4.69, 9.17) is 30.4 Å². The van der Waals surface area contributed by atoms with Crippen molar-refractivity contribution in [3.05, 3.63) is 56.3 Å². The van der Waals surface area contributed by atoms with Gasteiger partial charge in [0.05, 0.1) is 37.2 Å². The molecule has 6 rings (SSSR count). The van der Waals surface area contributed by atoms with Gasteiger partial charge in [0.1, 0.15) is 18.8 Å². The zero-order valence-electron chi connectivity index (χ0n) is 40.0. The second-order valence-electron chi connectivity index (χ2n) is 20.7. The number of fused-ring (bicyclic) bond motifs is 5. The van der Waals surface area contributed by atoms with Crippen molar-refractivity contribution in [3.8, 4) is 0 Å². The Labute approximate surface area is 486 Å². The molecule has 0 aromatic heterocycles. The van der Waals surface area contributed by atoms with Crippen LogP contribution in [0.5, 0.6) is 0 Å². The summed E-state index contributed by atoms with van der Waals surface area (Å²) in [6, 6.07) is 3.91. The maximum Gasteiger partial charge on any atom is 0.310 e. The summed E-state index contributed by atoms with van der Waals surface area (Å²) in [6.45, 7) is 12.0. The summed E-state index contributed by atoms with van der Waals surface area (Å²) in [5, 5.41) is 0. The second kappa shape index (κ2) is 25.5. The fourth-order valence-corrected chi connectivity index (χ4v) is 20.0. The van der Waals surface area contributed by atoms with Crippen LogP contribution in [-0.2, 0) is 51.0 Å². The molecule has 376 valence electrons. The van der Waals surface area contributed by atoms with E-state index in [-0.39, 0.29) is 56.8 Å². The summed E-state index contributed by atoms with van der Waals surface area (Å²) in [7, 11) is 0. The summed E-state index contributed by atoms with van der Waals surface area (Å²) in [6.07, 6.45) is 15.0. The normalized spacial score (nSPS) is 26.2. The number of nitrogens with two attached hydrogens (primary N) is 2. The van der Waals surface area contributed by atoms with Crippen molar-refractivity contribution < 1.29 is 38.1 Å². The Kier molecular flexibility index (Phi) is 21.5. The number of carbonyl (C=O) groups is 4. The number of benzene rings is 2. The highest BCUT2D eigenvalue weighted by atomic mass is 127. The number of esters is 4. The number of allylic oxidation sites excluding steroid dienone is 1. The molecular weight excluding hydrogens is 1540 g/mol. The van der Waals surface area contributed by atoms with E-state index in [0.29, 0.717) is 29.1 Å². The van der Waals surface area contributed by atoms with Gasteiger partial charge in [-0.15, -0.1) is 0 Å². The van der Waals surface area contributed by atoms with Crippen molar-refractivity contribution in [3.63, 3.8) is 0 Å². The van der Waals surface area contributed by atoms with Crippen LogP contribution in [0.2, 0.25) is 0 Å². The molecule has 9 atom stereocenters. The van der Waals surface area contributed by atoms with Crippen molar-refractivity contribution in [2.45, 2.75) is 156 Å². The first-order chi connectivity index (χ1) is 32.1. The SMILES string of the molecule is CC(C)CCC[C@@H](C)[C@H]1CCC2C3CC=C4C[C@@H](OC(=O)CCC(=O)OC[C@@H](CCOC(=O)Cc5c(I)cc(I)c(N)c5I)OC(=O)CCc5c(I)cc(I)c(N)c5I)CC[C@]4(C)C3CC[C@@]21C. The molecular formula is C52H68I6N2O8. The molecule has 0 saturated heterocycles. The summed E-state index contributed by atoms with van der Waals surface area (Å²) in [5.74, 6) is 2.68. The molecule has 68 heavy (non-hydrogen) atoms. The first-order valence-electron chi connectivity index (χ1n) is 24.4. The summed E-state index contributed by atoms with van der Waals surface area (Å²) < 4.78 is 28.5. The van der Waals surface area contributed by atoms with Gasteiger partial charge in [0.15, 0.2) is 0 Å². The average molecular weight is 1610 g/mol.